The van der Waals surface area contributed by atoms with Crippen molar-refractivity contribution in [2.45, 2.75) is 19.1 Å². The molecule has 0 aliphatic rings. The summed E-state index contributed by atoms with van der Waals surface area (Å²) in [5.41, 5.74) is 0.413. The van der Waals surface area contributed by atoms with Gasteiger partial charge in [-0.3, -0.25) is 9.59 Å². The lowest BCUT2D eigenvalue weighted by Gasteiger charge is -2.14. The third-order valence-electron chi connectivity index (χ3n) is 2.59. The Kier molecular flexibility index (Phi) is 6.84. The van der Waals surface area contributed by atoms with Crippen LogP contribution in [0.5, 0.6) is 0 Å². The number of ether oxygens (including phenoxy) is 1. The number of rotatable bonds is 7. The molecule has 0 aliphatic heterocycles. The first kappa shape index (κ1) is 18.0. The van der Waals surface area contributed by atoms with Crippen LogP contribution in [0.25, 0.3) is 0 Å². The molecule has 0 saturated heterocycles. The number of alkyl halides is 3. The molecule has 0 saturated carbocycles. The standard InChI is InChI=1S/C14H17F3N2O3/c1-10(19-13(21)11-5-3-2-4-6-11)12(20)18-7-8-22-9-14(15,16)17/h2-6,10H,7-9H2,1H3,(H,18,20)(H,19,21). The van der Waals surface area contributed by atoms with Gasteiger partial charge in [0, 0.05) is 12.1 Å². The summed E-state index contributed by atoms with van der Waals surface area (Å²) < 4.78 is 39.8. The minimum absolute atomic E-state index is 0.0690. The van der Waals surface area contributed by atoms with Gasteiger partial charge in [0.2, 0.25) is 5.91 Å². The highest BCUT2D eigenvalue weighted by molar-refractivity contribution is 5.97. The second kappa shape index (κ2) is 8.38. The molecule has 0 fully saturated rings. The number of carbonyl (C=O) groups is 2. The topological polar surface area (TPSA) is 67.4 Å². The highest BCUT2D eigenvalue weighted by Crippen LogP contribution is 2.13. The van der Waals surface area contributed by atoms with Crippen LogP contribution in [0.4, 0.5) is 13.2 Å². The molecule has 1 atom stereocenters. The molecule has 0 aliphatic carbocycles. The second-order valence-corrected chi connectivity index (χ2v) is 4.52. The molecule has 1 unspecified atom stereocenters. The van der Waals surface area contributed by atoms with Crippen LogP contribution in [0, 0.1) is 0 Å². The Morgan fingerprint density at radius 2 is 1.86 bits per heavy atom. The monoisotopic (exact) mass is 318 g/mol. The summed E-state index contributed by atoms with van der Waals surface area (Å²) in [5.74, 6) is -0.906. The van der Waals surface area contributed by atoms with Gasteiger partial charge in [0.05, 0.1) is 6.61 Å². The fourth-order valence-electron chi connectivity index (χ4n) is 1.52. The van der Waals surface area contributed by atoms with Gasteiger partial charge in [0.25, 0.3) is 5.91 Å². The summed E-state index contributed by atoms with van der Waals surface area (Å²) in [4.78, 5) is 23.5. The molecular weight excluding hydrogens is 301 g/mol. The van der Waals surface area contributed by atoms with Crippen molar-refractivity contribution in [3.8, 4) is 0 Å². The maximum atomic E-state index is 11.8. The van der Waals surface area contributed by atoms with Crippen molar-refractivity contribution in [3.05, 3.63) is 35.9 Å². The van der Waals surface area contributed by atoms with Crippen molar-refractivity contribution in [1.82, 2.24) is 10.6 Å². The number of hydrogen-bond donors (Lipinski definition) is 2. The van der Waals surface area contributed by atoms with E-state index in [2.05, 4.69) is 15.4 Å². The van der Waals surface area contributed by atoms with Crippen molar-refractivity contribution < 1.29 is 27.5 Å². The van der Waals surface area contributed by atoms with Gasteiger partial charge in [-0.05, 0) is 19.1 Å². The van der Waals surface area contributed by atoms with Gasteiger partial charge in [-0.15, -0.1) is 0 Å². The fourth-order valence-corrected chi connectivity index (χ4v) is 1.52. The van der Waals surface area contributed by atoms with Gasteiger partial charge < -0.3 is 15.4 Å². The van der Waals surface area contributed by atoms with E-state index in [1.165, 1.54) is 6.92 Å². The number of hydrogen-bond acceptors (Lipinski definition) is 3. The van der Waals surface area contributed by atoms with Crippen LogP contribution in [0.3, 0.4) is 0 Å². The molecule has 0 aromatic heterocycles. The van der Waals surface area contributed by atoms with Crippen LogP contribution in [0.15, 0.2) is 30.3 Å². The molecule has 122 valence electrons. The minimum atomic E-state index is -4.39. The quantitative estimate of drug-likeness (QED) is 0.749. The molecule has 0 spiro atoms. The number of nitrogens with one attached hydrogen (secondary N) is 2. The highest BCUT2D eigenvalue weighted by Gasteiger charge is 2.27. The average Bonchev–Trinajstić information content (AvgIpc) is 2.46. The van der Waals surface area contributed by atoms with Crippen LogP contribution in [-0.2, 0) is 9.53 Å². The Bertz CT molecular complexity index is 492. The largest absolute Gasteiger partial charge is 0.411 e. The van der Waals surface area contributed by atoms with Gasteiger partial charge >= 0.3 is 6.18 Å². The molecule has 1 aromatic rings. The predicted octanol–water partition coefficient (Wildman–Crippen LogP) is 1.50. The van der Waals surface area contributed by atoms with Gasteiger partial charge in [-0.2, -0.15) is 13.2 Å². The zero-order chi connectivity index (χ0) is 16.6. The Morgan fingerprint density at radius 1 is 1.23 bits per heavy atom. The van der Waals surface area contributed by atoms with Crippen molar-refractivity contribution >= 4 is 11.8 Å². The Morgan fingerprint density at radius 3 is 2.45 bits per heavy atom. The van der Waals surface area contributed by atoms with Crippen molar-refractivity contribution in [2.75, 3.05) is 19.8 Å². The van der Waals surface area contributed by atoms with Gasteiger partial charge in [-0.25, -0.2) is 0 Å². The zero-order valence-electron chi connectivity index (χ0n) is 11.9. The first-order valence-electron chi connectivity index (χ1n) is 6.58. The molecule has 1 aromatic carbocycles. The third kappa shape index (κ3) is 7.07. The first-order chi connectivity index (χ1) is 10.3. The number of halogens is 3. The Hall–Kier alpha value is -2.09. The highest BCUT2D eigenvalue weighted by atomic mass is 19.4. The van der Waals surface area contributed by atoms with E-state index in [9.17, 15) is 22.8 Å². The van der Waals surface area contributed by atoms with E-state index in [1.807, 2.05) is 0 Å². The van der Waals surface area contributed by atoms with Gasteiger partial charge in [0.1, 0.15) is 12.6 Å². The molecule has 22 heavy (non-hydrogen) atoms. The van der Waals surface area contributed by atoms with Gasteiger partial charge in [-0.1, -0.05) is 18.2 Å². The average molecular weight is 318 g/mol. The Balaban J connectivity index is 2.26. The normalized spacial score (nSPS) is 12.5. The third-order valence-corrected chi connectivity index (χ3v) is 2.59. The maximum absolute atomic E-state index is 11.8. The molecule has 2 amide bonds. The summed E-state index contributed by atoms with van der Waals surface area (Å²) in [6, 6.07) is 7.54. The zero-order valence-corrected chi connectivity index (χ0v) is 11.9. The maximum Gasteiger partial charge on any atom is 0.411 e. The van der Waals surface area contributed by atoms with Crippen molar-refractivity contribution in [3.63, 3.8) is 0 Å². The van der Waals surface area contributed by atoms with Gasteiger partial charge in [0.15, 0.2) is 0 Å². The molecule has 8 heteroatoms. The van der Waals surface area contributed by atoms with E-state index in [-0.39, 0.29) is 13.2 Å². The smallest absolute Gasteiger partial charge is 0.370 e. The van der Waals surface area contributed by atoms with E-state index in [4.69, 9.17) is 0 Å². The SMILES string of the molecule is CC(NC(=O)c1ccccc1)C(=O)NCCOCC(F)(F)F. The van der Waals surface area contributed by atoms with Crippen LogP contribution < -0.4 is 10.6 Å². The Labute approximate surface area is 125 Å². The summed E-state index contributed by atoms with van der Waals surface area (Å²) in [6.45, 7) is -0.207. The first-order valence-corrected chi connectivity index (χ1v) is 6.58. The molecular formula is C14H17F3N2O3. The lowest BCUT2D eigenvalue weighted by Crippen LogP contribution is -2.45. The molecule has 5 nitrogen and oxygen atoms in total. The molecule has 0 radical (unpaired) electrons. The van der Waals surface area contributed by atoms with Crippen LogP contribution >= 0.6 is 0 Å². The molecule has 0 bridgehead atoms. The predicted molar refractivity (Wildman–Crippen MR) is 73.3 cm³/mol. The van der Waals surface area contributed by atoms with E-state index in [0.29, 0.717) is 5.56 Å². The fraction of sp³-hybridized carbons (Fsp3) is 0.429. The van der Waals surface area contributed by atoms with Crippen LogP contribution in [0.1, 0.15) is 17.3 Å². The summed E-state index contributed by atoms with van der Waals surface area (Å²) in [5, 5.41) is 4.87. The molecule has 0 heterocycles. The summed E-state index contributed by atoms with van der Waals surface area (Å²) >= 11 is 0. The lowest BCUT2D eigenvalue weighted by atomic mass is 10.2. The number of carbonyl (C=O) groups excluding carboxylic acids is 2. The summed E-state index contributed by atoms with van der Waals surface area (Å²) in [7, 11) is 0. The van der Waals surface area contributed by atoms with E-state index in [0.717, 1.165) is 0 Å². The van der Waals surface area contributed by atoms with Crippen molar-refractivity contribution in [1.29, 1.82) is 0 Å². The van der Waals surface area contributed by atoms with E-state index < -0.39 is 30.6 Å². The minimum Gasteiger partial charge on any atom is -0.370 e. The van der Waals surface area contributed by atoms with Crippen LogP contribution in [-0.4, -0.2) is 43.8 Å². The molecule has 1 rings (SSSR count). The van der Waals surface area contributed by atoms with Crippen LogP contribution in [0.2, 0.25) is 0 Å². The second-order valence-electron chi connectivity index (χ2n) is 4.52. The lowest BCUT2D eigenvalue weighted by molar-refractivity contribution is -0.173. The summed E-state index contributed by atoms with van der Waals surface area (Å²) in [6.07, 6.45) is -4.39. The van der Waals surface area contributed by atoms with Crippen molar-refractivity contribution in [2.24, 2.45) is 0 Å². The van der Waals surface area contributed by atoms with E-state index in [1.54, 1.807) is 30.3 Å². The number of amides is 2. The van der Waals surface area contributed by atoms with E-state index >= 15 is 0 Å². The molecule has 2 N–H and O–H groups in total. The number of benzene rings is 1.